The maximum absolute atomic E-state index is 12.4. The van der Waals surface area contributed by atoms with Crippen molar-refractivity contribution in [2.45, 2.75) is 12.6 Å². The van der Waals surface area contributed by atoms with E-state index < -0.39 is 0 Å². The van der Waals surface area contributed by atoms with Gasteiger partial charge in [-0.2, -0.15) is 0 Å². The number of ether oxygens (including phenoxy) is 2. The van der Waals surface area contributed by atoms with E-state index in [4.69, 9.17) is 24.4 Å². The molecule has 206 valence electrons. The van der Waals surface area contributed by atoms with Gasteiger partial charge < -0.3 is 25.4 Å². The summed E-state index contributed by atoms with van der Waals surface area (Å²) in [5.41, 5.74) is 2.07. The van der Waals surface area contributed by atoms with Crippen LogP contribution in [0.3, 0.4) is 0 Å². The van der Waals surface area contributed by atoms with Crippen LogP contribution in [0.25, 0.3) is 22.1 Å². The van der Waals surface area contributed by atoms with E-state index in [-0.39, 0.29) is 12.1 Å². The van der Waals surface area contributed by atoms with E-state index in [9.17, 15) is 4.79 Å². The Bertz CT molecular complexity index is 1420. The van der Waals surface area contributed by atoms with Crippen molar-refractivity contribution in [3.8, 4) is 22.1 Å². The smallest absolute Gasteiger partial charge is 0.323 e. The maximum atomic E-state index is 12.4. The molecular weight excluding hydrogens is 528 g/mol. The second-order valence-corrected chi connectivity index (χ2v) is 10.6. The highest BCUT2D eigenvalue weighted by molar-refractivity contribution is 7.15. The number of morpholine rings is 2. The van der Waals surface area contributed by atoms with Crippen molar-refractivity contribution in [3.05, 3.63) is 71.6 Å². The van der Waals surface area contributed by atoms with Gasteiger partial charge in [0.25, 0.3) is 0 Å². The summed E-state index contributed by atoms with van der Waals surface area (Å²) in [6.45, 7) is 6.37. The molecule has 3 N–H and O–H groups in total. The number of benzene rings is 1. The molecule has 40 heavy (non-hydrogen) atoms. The fourth-order valence-electron chi connectivity index (χ4n) is 4.50. The van der Waals surface area contributed by atoms with Crippen LogP contribution in [0.1, 0.15) is 16.8 Å². The molecule has 6 rings (SSSR count). The Morgan fingerprint density at radius 1 is 0.975 bits per heavy atom. The van der Waals surface area contributed by atoms with E-state index in [0.29, 0.717) is 42.0 Å². The lowest BCUT2D eigenvalue weighted by Crippen LogP contribution is -2.35. The zero-order valence-corrected chi connectivity index (χ0v) is 22.7. The third kappa shape index (κ3) is 6.66. The van der Waals surface area contributed by atoms with Crippen molar-refractivity contribution in [1.82, 2.24) is 30.2 Å². The first-order chi connectivity index (χ1) is 19.7. The highest BCUT2D eigenvalue weighted by atomic mass is 32.1. The average Bonchev–Trinajstić information content (AvgIpc) is 3.47. The highest BCUT2D eigenvalue weighted by Crippen LogP contribution is 2.30. The van der Waals surface area contributed by atoms with Gasteiger partial charge in [-0.3, -0.25) is 9.88 Å². The van der Waals surface area contributed by atoms with E-state index in [1.54, 1.807) is 35.9 Å². The first-order valence-electron chi connectivity index (χ1n) is 13.3. The molecule has 5 heterocycles. The number of carbonyl (C=O) groups is 1. The summed E-state index contributed by atoms with van der Waals surface area (Å²) in [7, 11) is 0. The van der Waals surface area contributed by atoms with Crippen LogP contribution in [0.5, 0.6) is 0 Å². The Balaban J connectivity index is 1.22. The SMILES string of the molecule is O=C(Nc1ccc(-c2nc(-c3ccc(CN4CCOCC4)s3)nc(C3CNCCO3)n2)cc1)Nc1cccnc1. The number of pyridine rings is 1. The second kappa shape index (κ2) is 12.6. The summed E-state index contributed by atoms with van der Waals surface area (Å²) in [6.07, 6.45) is 2.99. The molecular formula is C28H30N8O3S. The summed E-state index contributed by atoms with van der Waals surface area (Å²) < 4.78 is 11.5. The van der Waals surface area contributed by atoms with Crippen molar-refractivity contribution in [2.75, 3.05) is 56.6 Å². The number of nitrogens with zero attached hydrogens (tertiary/aromatic N) is 5. The predicted octanol–water partition coefficient (Wildman–Crippen LogP) is 3.80. The molecule has 1 atom stereocenters. The molecule has 11 nitrogen and oxygen atoms in total. The van der Waals surface area contributed by atoms with Crippen molar-refractivity contribution in [3.63, 3.8) is 0 Å². The number of nitrogens with one attached hydrogen (secondary N) is 3. The number of hydrogen-bond donors (Lipinski definition) is 3. The fraction of sp³-hybridized carbons (Fsp3) is 0.321. The minimum Gasteiger partial charge on any atom is -0.379 e. The van der Waals surface area contributed by atoms with Crippen LogP contribution in [0.4, 0.5) is 16.2 Å². The first kappa shape index (κ1) is 26.4. The molecule has 0 saturated carbocycles. The predicted molar refractivity (Wildman–Crippen MR) is 153 cm³/mol. The Labute approximate surface area is 236 Å². The van der Waals surface area contributed by atoms with Crippen molar-refractivity contribution < 1.29 is 14.3 Å². The number of carbonyl (C=O) groups excluding carboxylic acids is 1. The lowest BCUT2D eigenvalue weighted by Gasteiger charge is -2.25. The summed E-state index contributed by atoms with van der Waals surface area (Å²) in [5, 5.41) is 8.95. The van der Waals surface area contributed by atoms with Crippen LogP contribution in [0.15, 0.2) is 60.9 Å². The molecule has 0 spiro atoms. The zero-order valence-electron chi connectivity index (χ0n) is 21.9. The molecule has 0 radical (unpaired) electrons. The molecule has 2 saturated heterocycles. The number of rotatable bonds is 7. The number of urea groups is 1. The van der Waals surface area contributed by atoms with Crippen LogP contribution in [0, 0.1) is 0 Å². The van der Waals surface area contributed by atoms with E-state index in [1.165, 1.54) is 4.88 Å². The van der Waals surface area contributed by atoms with Crippen molar-refractivity contribution in [1.29, 1.82) is 0 Å². The molecule has 2 amide bonds. The maximum Gasteiger partial charge on any atom is 0.323 e. The molecule has 2 aliphatic heterocycles. The fourth-order valence-corrected chi connectivity index (χ4v) is 5.49. The zero-order chi connectivity index (χ0) is 27.1. The van der Waals surface area contributed by atoms with Gasteiger partial charge in [0, 0.05) is 55.0 Å². The van der Waals surface area contributed by atoms with Gasteiger partial charge in [-0.1, -0.05) is 0 Å². The summed E-state index contributed by atoms with van der Waals surface area (Å²) in [6, 6.07) is 14.8. The topological polar surface area (TPSA) is 126 Å². The van der Waals surface area contributed by atoms with Crippen LogP contribution in [0.2, 0.25) is 0 Å². The average molecular weight is 559 g/mol. The Hall–Kier alpha value is -3.81. The molecule has 3 aromatic heterocycles. The molecule has 0 bridgehead atoms. The van der Waals surface area contributed by atoms with Gasteiger partial charge in [-0.25, -0.2) is 19.7 Å². The Kier molecular flexibility index (Phi) is 8.31. The van der Waals surface area contributed by atoms with Crippen molar-refractivity contribution in [2.24, 2.45) is 0 Å². The van der Waals surface area contributed by atoms with Gasteiger partial charge in [-0.05, 0) is 48.5 Å². The highest BCUT2D eigenvalue weighted by Gasteiger charge is 2.22. The molecule has 12 heteroatoms. The van der Waals surface area contributed by atoms with Gasteiger partial charge in [-0.15, -0.1) is 11.3 Å². The van der Waals surface area contributed by atoms with Gasteiger partial charge in [0.15, 0.2) is 17.5 Å². The van der Waals surface area contributed by atoms with Gasteiger partial charge >= 0.3 is 6.03 Å². The van der Waals surface area contributed by atoms with E-state index in [1.807, 2.05) is 24.3 Å². The quantitative estimate of drug-likeness (QED) is 0.310. The normalized spacial score (nSPS) is 17.9. The minimum absolute atomic E-state index is 0.251. The van der Waals surface area contributed by atoms with Crippen LogP contribution in [-0.2, 0) is 16.0 Å². The minimum atomic E-state index is -0.349. The molecule has 1 unspecified atom stereocenters. The second-order valence-electron chi connectivity index (χ2n) is 9.46. The lowest BCUT2D eigenvalue weighted by atomic mass is 10.2. The van der Waals surface area contributed by atoms with Gasteiger partial charge in [0.2, 0.25) is 0 Å². The first-order valence-corrected chi connectivity index (χ1v) is 14.1. The van der Waals surface area contributed by atoms with E-state index in [2.05, 4.69) is 38.0 Å². The monoisotopic (exact) mass is 558 g/mol. The largest absolute Gasteiger partial charge is 0.379 e. The third-order valence-electron chi connectivity index (χ3n) is 6.55. The summed E-state index contributed by atoms with van der Waals surface area (Å²) in [4.78, 5) is 35.5. The molecule has 1 aromatic carbocycles. The Morgan fingerprint density at radius 3 is 2.58 bits per heavy atom. The number of thiophene rings is 1. The number of amides is 2. The van der Waals surface area contributed by atoms with Crippen LogP contribution in [-0.4, -0.2) is 76.9 Å². The van der Waals surface area contributed by atoms with Gasteiger partial charge in [0.1, 0.15) is 6.10 Å². The standard InChI is InChI=1S/C28H30N8O3S/c37-28(32-21-2-1-9-29-16-21)31-20-5-3-19(4-6-20)25-33-26(23-17-30-10-13-39-23)35-27(34-25)24-8-7-22(40-24)18-36-11-14-38-15-12-36/h1-9,16,23,30H,10-15,17-18H2,(H2,31,32,37). The lowest BCUT2D eigenvalue weighted by molar-refractivity contribution is 0.0221. The molecule has 2 aliphatic rings. The number of hydrogen-bond acceptors (Lipinski definition) is 10. The van der Waals surface area contributed by atoms with Gasteiger partial charge in [0.05, 0.1) is 36.6 Å². The number of aromatic nitrogens is 4. The van der Waals surface area contributed by atoms with Crippen LogP contribution >= 0.6 is 11.3 Å². The summed E-state index contributed by atoms with van der Waals surface area (Å²) in [5.74, 6) is 1.79. The van der Waals surface area contributed by atoms with Crippen molar-refractivity contribution >= 4 is 28.7 Å². The number of anilines is 2. The Morgan fingerprint density at radius 2 is 1.80 bits per heavy atom. The molecule has 2 fully saturated rings. The van der Waals surface area contributed by atoms with E-state index in [0.717, 1.165) is 49.8 Å². The third-order valence-corrected chi connectivity index (χ3v) is 7.62. The van der Waals surface area contributed by atoms with Crippen LogP contribution < -0.4 is 16.0 Å². The summed E-state index contributed by atoms with van der Waals surface area (Å²) >= 11 is 1.70. The molecule has 4 aromatic rings. The van der Waals surface area contributed by atoms with E-state index >= 15 is 0 Å². The molecule has 0 aliphatic carbocycles.